The summed E-state index contributed by atoms with van der Waals surface area (Å²) in [6.45, 7) is 1.48. The van der Waals surface area contributed by atoms with Gasteiger partial charge in [0.25, 0.3) is 0 Å². The number of nitrogens with two attached hydrogens (primary N) is 1. The molecule has 0 spiro atoms. The van der Waals surface area contributed by atoms with Crippen LogP contribution in [0.4, 0.5) is 4.79 Å². The van der Waals surface area contributed by atoms with Crippen LogP contribution in [-0.4, -0.2) is 37.0 Å². The Bertz CT molecular complexity index is 157. The zero-order valence-corrected chi connectivity index (χ0v) is 6.82. The van der Waals surface area contributed by atoms with Crippen molar-refractivity contribution in [2.24, 2.45) is 11.7 Å². The van der Waals surface area contributed by atoms with Crippen molar-refractivity contribution in [1.82, 2.24) is 5.32 Å². The van der Waals surface area contributed by atoms with E-state index in [1.54, 1.807) is 0 Å². The van der Waals surface area contributed by atoms with E-state index in [9.17, 15) is 9.90 Å². The number of nitrogens with one attached hydrogen (secondary N) is 1. The van der Waals surface area contributed by atoms with Gasteiger partial charge in [-0.15, -0.1) is 0 Å². The molecular formula is C7H14N2O3. The molecule has 70 valence electrons. The molecule has 1 aliphatic heterocycles. The molecule has 12 heavy (non-hydrogen) atoms. The SMILES string of the molecule is NC(=O)NCC(O)C1CCOC1. The van der Waals surface area contributed by atoms with E-state index >= 15 is 0 Å². The van der Waals surface area contributed by atoms with E-state index in [0.29, 0.717) is 13.2 Å². The molecule has 5 heteroatoms. The maximum atomic E-state index is 10.3. The van der Waals surface area contributed by atoms with Crippen LogP contribution in [0.25, 0.3) is 0 Å². The summed E-state index contributed by atoms with van der Waals surface area (Å²) in [6.07, 6.45) is 0.307. The van der Waals surface area contributed by atoms with Gasteiger partial charge in [-0.3, -0.25) is 0 Å². The third-order valence-corrected chi connectivity index (χ3v) is 1.99. The van der Waals surface area contributed by atoms with Gasteiger partial charge in [0.15, 0.2) is 0 Å². The minimum absolute atomic E-state index is 0.136. The third-order valence-electron chi connectivity index (χ3n) is 1.99. The number of carbonyl (C=O) groups is 1. The fourth-order valence-corrected chi connectivity index (χ4v) is 1.23. The number of urea groups is 1. The quantitative estimate of drug-likeness (QED) is 0.516. The molecule has 1 heterocycles. The van der Waals surface area contributed by atoms with Crippen LogP contribution in [0.15, 0.2) is 0 Å². The summed E-state index contributed by atoms with van der Waals surface area (Å²) < 4.78 is 5.08. The van der Waals surface area contributed by atoms with Crippen molar-refractivity contribution >= 4 is 6.03 Å². The second-order valence-corrected chi connectivity index (χ2v) is 2.94. The Hall–Kier alpha value is -0.810. The number of aliphatic hydroxyl groups excluding tert-OH is 1. The van der Waals surface area contributed by atoms with Gasteiger partial charge in [-0.25, -0.2) is 4.79 Å². The standard InChI is InChI=1S/C7H14N2O3/c8-7(11)9-3-6(10)5-1-2-12-4-5/h5-6,10H,1-4H2,(H3,8,9,11). The number of rotatable bonds is 3. The molecule has 5 nitrogen and oxygen atoms in total. The van der Waals surface area contributed by atoms with Crippen LogP contribution in [0.2, 0.25) is 0 Å². The Kier molecular flexibility index (Phi) is 3.31. The predicted molar refractivity (Wildman–Crippen MR) is 42.5 cm³/mol. The van der Waals surface area contributed by atoms with E-state index in [-0.39, 0.29) is 12.5 Å². The summed E-state index contributed by atoms with van der Waals surface area (Å²) in [4.78, 5) is 10.3. The molecule has 2 amide bonds. The van der Waals surface area contributed by atoms with Gasteiger partial charge in [0.1, 0.15) is 0 Å². The largest absolute Gasteiger partial charge is 0.391 e. The topological polar surface area (TPSA) is 84.6 Å². The molecule has 4 N–H and O–H groups in total. The molecule has 2 atom stereocenters. The molecule has 0 aromatic rings. The normalized spacial score (nSPS) is 25.2. The van der Waals surface area contributed by atoms with Crippen LogP contribution in [0.1, 0.15) is 6.42 Å². The molecule has 0 bridgehead atoms. The zero-order valence-electron chi connectivity index (χ0n) is 6.82. The Morgan fingerprint density at radius 2 is 2.58 bits per heavy atom. The van der Waals surface area contributed by atoms with Crippen LogP contribution in [-0.2, 0) is 4.74 Å². The minimum atomic E-state index is -0.604. The van der Waals surface area contributed by atoms with Crippen molar-refractivity contribution in [2.75, 3.05) is 19.8 Å². The van der Waals surface area contributed by atoms with E-state index in [2.05, 4.69) is 5.32 Å². The Balaban J connectivity index is 2.17. The molecule has 0 radical (unpaired) electrons. The number of hydrogen-bond donors (Lipinski definition) is 3. The average Bonchev–Trinajstić information content (AvgIpc) is 2.51. The summed E-state index contributed by atoms with van der Waals surface area (Å²) in [5.41, 5.74) is 4.85. The van der Waals surface area contributed by atoms with Gasteiger partial charge in [-0.05, 0) is 6.42 Å². The van der Waals surface area contributed by atoms with Gasteiger partial charge in [0, 0.05) is 19.1 Å². The number of primary amides is 1. The summed E-state index contributed by atoms with van der Waals surface area (Å²) in [7, 11) is 0. The van der Waals surface area contributed by atoms with Crippen molar-refractivity contribution in [3.63, 3.8) is 0 Å². The zero-order chi connectivity index (χ0) is 8.97. The average molecular weight is 174 g/mol. The van der Waals surface area contributed by atoms with Crippen molar-refractivity contribution in [1.29, 1.82) is 0 Å². The molecule has 1 rings (SSSR count). The molecule has 1 saturated heterocycles. The number of ether oxygens (including phenoxy) is 1. The van der Waals surface area contributed by atoms with Crippen LogP contribution in [0.5, 0.6) is 0 Å². The van der Waals surface area contributed by atoms with Gasteiger partial charge >= 0.3 is 6.03 Å². The first-order chi connectivity index (χ1) is 5.70. The molecule has 1 fully saturated rings. The molecule has 0 aromatic heterocycles. The van der Waals surface area contributed by atoms with Gasteiger partial charge < -0.3 is 20.9 Å². The third kappa shape index (κ3) is 2.67. The van der Waals surface area contributed by atoms with Crippen molar-refractivity contribution in [3.05, 3.63) is 0 Å². The summed E-state index contributed by atoms with van der Waals surface area (Å²) in [6, 6.07) is -0.604. The summed E-state index contributed by atoms with van der Waals surface area (Å²) in [5.74, 6) is 0.136. The molecule has 0 aromatic carbocycles. The van der Waals surface area contributed by atoms with Crippen LogP contribution < -0.4 is 11.1 Å². The van der Waals surface area contributed by atoms with Crippen LogP contribution in [0.3, 0.4) is 0 Å². The Morgan fingerprint density at radius 3 is 3.08 bits per heavy atom. The van der Waals surface area contributed by atoms with E-state index in [1.807, 2.05) is 0 Å². The number of amides is 2. The predicted octanol–water partition coefficient (Wildman–Crippen LogP) is -0.948. The van der Waals surface area contributed by atoms with Gasteiger partial charge in [0.05, 0.1) is 12.7 Å². The first-order valence-corrected chi connectivity index (χ1v) is 3.99. The molecule has 1 aliphatic rings. The van der Waals surface area contributed by atoms with Gasteiger partial charge in [-0.1, -0.05) is 0 Å². The van der Waals surface area contributed by atoms with Crippen LogP contribution >= 0.6 is 0 Å². The lowest BCUT2D eigenvalue weighted by Gasteiger charge is -2.15. The summed E-state index contributed by atoms with van der Waals surface area (Å²) in [5, 5.41) is 11.8. The van der Waals surface area contributed by atoms with E-state index in [0.717, 1.165) is 6.42 Å². The first-order valence-electron chi connectivity index (χ1n) is 3.99. The number of hydrogen-bond acceptors (Lipinski definition) is 3. The monoisotopic (exact) mass is 174 g/mol. The minimum Gasteiger partial charge on any atom is -0.391 e. The molecule has 2 unspecified atom stereocenters. The lowest BCUT2D eigenvalue weighted by atomic mass is 10.0. The Labute approximate surface area is 70.9 Å². The lowest BCUT2D eigenvalue weighted by Crippen LogP contribution is -2.39. The van der Waals surface area contributed by atoms with Crippen molar-refractivity contribution < 1.29 is 14.6 Å². The highest BCUT2D eigenvalue weighted by Gasteiger charge is 2.23. The second kappa shape index (κ2) is 4.27. The van der Waals surface area contributed by atoms with Gasteiger partial charge in [0.2, 0.25) is 0 Å². The van der Waals surface area contributed by atoms with E-state index in [4.69, 9.17) is 10.5 Å². The van der Waals surface area contributed by atoms with Gasteiger partial charge in [-0.2, -0.15) is 0 Å². The molecule has 0 aliphatic carbocycles. The lowest BCUT2D eigenvalue weighted by molar-refractivity contribution is 0.0926. The maximum absolute atomic E-state index is 10.3. The van der Waals surface area contributed by atoms with E-state index in [1.165, 1.54) is 0 Å². The highest BCUT2D eigenvalue weighted by atomic mass is 16.5. The highest BCUT2D eigenvalue weighted by Crippen LogP contribution is 2.15. The molecular weight excluding hydrogens is 160 g/mol. The first kappa shape index (κ1) is 9.28. The maximum Gasteiger partial charge on any atom is 0.312 e. The fourth-order valence-electron chi connectivity index (χ4n) is 1.23. The van der Waals surface area contributed by atoms with Crippen molar-refractivity contribution in [2.45, 2.75) is 12.5 Å². The summed E-state index contributed by atoms with van der Waals surface area (Å²) >= 11 is 0. The Morgan fingerprint density at radius 1 is 1.83 bits per heavy atom. The number of aliphatic hydroxyl groups is 1. The fraction of sp³-hybridized carbons (Fsp3) is 0.857. The molecule has 0 saturated carbocycles. The second-order valence-electron chi connectivity index (χ2n) is 2.94. The van der Waals surface area contributed by atoms with E-state index < -0.39 is 12.1 Å². The highest BCUT2D eigenvalue weighted by molar-refractivity contribution is 5.71. The smallest absolute Gasteiger partial charge is 0.312 e. The number of carbonyl (C=O) groups excluding carboxylic acids is 1. The van der Waals surface area contributed by atoms with Crippen LogP contribution in [0, 0.1) is 5.92 Å². The van der Waals surface area contributed by atoms with Crippen molar-refractivity contribution in [3.8, 4) is 0 Å².